The van der Waals surface area contributed by atoms with Crippen LogP contribution in [0.4, 0.5) is 23.0 Å². The van der Waals surface area contributed by atoms with Crippen LogP contribution in [0.5, 0.6) is 0 Å². The summed E-state index contributed by atoms with van der Waals surface area (Å²) in [5.41, 5.74) is 13.6. The normalized spacial score (nSPS) is 14.5. The van der Waals surface area contributed by atoms with Crippen LogP contribution in [0.2, 0.25) is 0 Å². The van der Waals surface area contributed by atoms with E-state index in [1.54, 1.807) is 6.08 Å². The lowest BCUT2D eigenvalue weighted by Crippen LogP contribution is -2.25. The van der Waals surface area contributed by atoms with Gasteiger partial charge in [-0.3, -0.25) is 19.4 Å². The maximum absolute atomic E-state index is 14.2. The van der Waals surface area contributed by atoms with E-state index < -0.39 is 0 Å². The van der Waals surface area contributed by atoms with Crippen LogP contribution in [-0.4, -0.2) is 21.5 Å². The van der Waals surface area contributed by atoms with Crippen molar-refractivity contribution >= 4 is 56.4 Å². The quantitative estimate of drug-likeness (QED) is 0.124. The first-order valence-electron chi connectivity index (χ1n) is 20.1. The standard InChI is InChI=1S/C52H46N4O2/c1-29(2)38-16-13-17-39(30(3)4)48(38)56-46(21-20-40-49(57)42-27-35-14-9-10-15-36(35)28-43(42)50(40)58)55(51-52(56)54-45-19-12-11-18-44(45)53-51)47-34(8)23-33(7)26-41(47)37-24-31(5)22-32(6)25-37/h9-30H,1-8H3/b46-21-. The molecule has 0 saturated carbocycles. The number of aromatic nitrogens is 2. The third-order valence-corrected chi connectivity index (χ3v) is 11.4. The number of hydrogen-bond acceptors (Lipinski definition) is 6. The van der Waals surface area contributed by atoms with E-state index in [1.807, 2.05) is 66.7 Å². The Kier molecular flexibility index (Phi) is 8.96. The second-order valence-corrected chi connectivity index (χ2v) is 16.5. The topological polar surface area (TPSA) is 66.4 Å². The molecule has 1 aliphatic heterocycles. The van der Waals surface area contributed by atoms with Crippen LogP contribution < -0.4 is 9.80 Å². The zero-order chi connectivity index (χ0) is 40.6. The molecular formula is C52H46N4O2. The van der Waals surface area contributed by atoms with Crippen LogP contribution in [-0.2, 0) is 0 Å². The molecule has 0 radical (unpaired) electrons. The Hall–Kier alpha value is -6.66. The molecule has 0 unspecified atom stereocenters. The van der Waals surface area contributed by atoms with E-state index in [9.17, 15) is 9.59 Å². The molecule has 0 spiro atoms. The fraction of sp³-hybridized carbons (Fsp3) is 0.192. The van der Waals surface area contributed by atoms with Gasteiger partial charge in [0.05, 0.1) is 28.0 Å². The van der Waals surface area contributed by atoms with Crippen molar-refractivity contribution < 1.29 is 9.59 Å². The fourth-order valence-electron chi connectivity index (χ4n) is 8.88. The van der Waals surface area contributed by atoms with Crippen molar-refractivity contribution in [3.05, 3.63) is 177 Å². The van der Waals surface area contributed by atoms with E-state index in [0.29, 0.717) is 22.8 Å². The highest BCUT2D eigenvalue weighted by molar-refractivity contribution is 6.40. The minimum absolute atomic E-state index is 0.135. The first-order chi connectivity index (χ1) is 27.9. The number of fused-ring (bicyclic) bond motifs is 4. The van der Waals surface area contributed by atoms with E-state index in [1.165, 1.54) is 11.1 Å². The van der Waals surface area contributed by atoms with Crippen molar-refractivity contribution in [3.63, 3.8) is 0 Å². The Bertz CT molecular complexity index is 2850. The summed E-state index contributed by atoms with van der Waals surface area (Å²) in [5, 5.41) is 1.85. The molecule has 6 nitrogen and oxygen atoms in total. The Morgan fingerprint density at radius 1 is 0.517 bits per heavy atom. The lowest BCUT2D eigenvalue weighted by molar-refractivity contribution is 0.0988. The number of carbonyl (C=O) groups is 2. The number of anilines is 4. The van der Waals surface area contributed by atoms with Crippen LogP contribution in [0.3, 0.4) is 0 Å². The summed E-state index contributed by atoms with van der Waals surface area (Å²) in [5.74, 6) is 1.89. The van der Waals surface area contributed by atoms with Crippen LogP contribution >= 0.6 is 0 Å². The molecule has 0 amide bonds. The van der Waals surface area contributed by atoms with Gasteiger partial charge < -0.3 is 0 Å². The third kappa shape index (κ3) is 6.02. The molecule has 0 saturated heterocycles. The van der Waals surface area contributed by atoms with Gasteiger partial charge in [-0.2, -0.15) is 0 Å². The summed E-state index contributed by atoms with van der Waals surface area (Å²) in [4.78, 5) is 43.8. The van der Waals surface area contributed by atoms with Crippen LogP contribution in [0.15, 0.2) is 133 Å². The summed E-state index contributed by atoms with van der Waals surface area (Å²) < 4.78 is 0. The number of hydrogen-bond donors (Lipinski definition) is 0. The van der Waals surface area contributed by atoms with Crippen molar-refractivity contribution in [1.29, 1.82) is 0 Å². The highest BCUT2D eigenvalue weighted by atomic mass is 16.2. The van der Waals surface area contributed by atoms with Gasteiger partial charge in [0, 0.05) is 16.7 Å². The Morgan fingerprint density at radius 2 is 1.02 bits per heavy atom. The number of Topliss-reactive ketones (excluding diaryl/α,β-unsaturated/α-hetero) is 2. The second kappa shape index (κ2) is 14.1. The van der Waals surface area contributed by atoms with Crippen LogP contribution in [0, 0.1) is 27.7 Å². The number of rotatable bonds is 6. The van der Waals surface area contributed by atoms with Crippen molar-refractivity contribution in [2.45, 2.75) is 67.2 Å². The Morgan fingerprint density at radius 3 is 1.55 bits per heavy atom. The zero-order valence-electron chi connectivity index (χ0n) is 34.3. The molecule has 2 aliphatic rings. The number of carbonyl (C=O) groups excluding carboxylic acids is 2. The third-order valence-electron chi connectivity index (χ3n) is 11.4. The summed E-state index contributed by atoms with van der Waals surface area (Å²) >= 11 is 0. The number of nitrogens with zero attached hydrogens (tertiary/aromatic N) is 4. The van der Waals surface area contributed by atoms with Gasteiger partial charge in [0.1, 0.15) is 5.82 Å². The number of ketones is 2. The first-order valence-corrected chi connectivity index (χ1v) is 20.1. The maximum Gasteiger partial charge on any atom is 0.197 e. The largest absolute Gasteiger partial charge is 0.288 e. The van der Waals surface area contributed by atoms with Gasteiger partial charge in [0.15, 0.2) is 23.2 Å². The highest BCUT2D eigenvalue weighted by Crippen LogP contribution is 2.54. The van der Waals surface area contributed by atoms with Crippen molar-refractivity contribution in [2.24, 2.45) is 0 Å². The van der Waals surface area contributed by atoms with E-state index in [4.69, 9.17) is 9.97 Å². The second-order valence-electron chi connectivity index (χ2n) is 16.5. The Labute approximate surface area is 340 Å². The predicted octanol–water partition coefficient (Wildman–Crippen LogP) is 13.1. The molecule has 7 aromatic rings. The van der Waals surface area contributed by atoms with Gasteiger partial charge in [-0.05, 0) is 115 Å². The van der Waals surface area contributed by atoms with Crippen LogP contribution in [0.25, 0.3) is 32.9 Å². The number of para-hydroxylation sites is 3. The SMILES string of the molecule is Cc1cc(C)cc(-c2cc(C)cc(C)c2N2/C(=C/C=C3C(=O)c4cc5ccccc5cc4C3=O)N(c3c(C(C)C)cccc3C(C)C)c3nc4ccccc4nc32)c1. The lowest BCUT2D eigenvalue weighted by atomic mass is 9.92. The molecule has 0 N–H and O–H groups in total. The van der Waals surface area contributed by atoms with E-state index >= 15 is 0 Å². The molecule has 1 aliphatic carbocycles. The lowest BCUT2D eigenvalue weighted by Gasteiger charge is -2.31. The fourth-order valence-corrected chi connectivity index (χ4v) is 8.88. The van der Waals surface area contributed by atoms with Gasteiger partial charge in [0.2, 0.25) is 0 Å². The zero-order valence-corrected chi connectivity index (χ0v) is 34.3. The smallest absolute Gasteiger partial charge is 0.197 e. The van der Waals surface area contributed by atoms with Gasteiger partial charge in [0.25, 0.3) is 0 Å². The molecule has 9 rings (SSSR count). The molecule has 2 heterocycles. The molecule has 0 bridgehead atoms. The van der Waals surface area contributed by atoms with Gasteiger partial charge in [-0.25, -0.2) is 9.97 Å². The summed E-state index contributed by atoms with van der Waals surface area (Å²) in [6.07, 6.45) is 3.67. The molecule has 0 atom stereocenters. The number of aryl methyl sites for hydroxylation is 4. The monoisotopic (exact) mass is 758 g/mol. The van der Waals surface area contributed by atoms with E-state index in [-0.39, 0.29) is 29.0 Å². The molecule has 58 heavy (non-hydrogen) atoms. The van der Waals surface area contributed by atoms with Crippen LogP contribution in [0.1, 0.15) is 93.6 Å². The van der Waals surface area contributed by atoms with Gasteiger partial charge in [-0.15, -0.1) is 0 Å². The Balaban J connectivity index is 1.38. The number of benzene rings is 6. The van der Waals surface area contributed by atoms with Crippen molar-refractivity contribution in [1.82, 2.24) is 9.97 Å². The number of allylic oxidation sites excluding steroid dienone is 3. The molecule has 1 aromatic heterocycles. The summed E-state index contributed by atoms with van der Waals surface area (Å²) in [6, 6.07) is 37.2. The highest BCUT2D eigenvalue weighted by Gasteiger charge is 2.41. The van der Waals surface area contributed by atoms with Crippen molar-refractivity contribution in [3.8, 4) is 11.1 Å². The molecule has 286 valence electrons. The summed E-state index contributed by atoms with van der Waals surface area (Å²) in [7, 11) is 0. The molecular weight excluding hydrogens is 713 g/mol. The van der Waals surface area contributed by atoms with Crippen molar-refractivity contribution in [2.75, 3.05) is 9.80 Å². The first kappa shape index (κ1) is 36.9. The van der Waals surface area contributed by atoms with Gasteiger partial charge in [-0.1, -0.05) is 123 Å². The van der Waals surface area contributed by atoms with E-state index in [2.05, 4.69) is 114 Å². The minimum atomic E-state index is -0.272. The molecule has 6 aromatic carbocycles. The summed E-state index contributed by atoms with van der Waals surface area (Å²) in [6.45, 7) is 17.4. The predicted molar refractivity (Wildman–Crippen MR) is 238 cm³/mol. The van der Waals surface area contributed by atoms with Gasteiger partial charge >= 0.3 is 0 Å². The average molecular weight is 759 g/mol. The average Bonchev–Trinajstić information content (AvgIpc) is 3.61. The molecule has 6 heteroatoms. The minimum Gasteiger partial charge on any atom is -0.288 e. The maximum atomic E-state index is 14.2. The molecule has 0 fully saturated rings. The van der Waals surface area contributed by atoms with E-state index in [0.717, 1.165) is 72.4 Å².